The van der Waals surface area contributed by atoms with E-state index in [1.807, 2.05) is 60.3 Å². The first-order chi connectivity index (χ1) is 9.66. The highest BCUT2D eigenvalue weighted by Gasteiger charge is 2.11. The van der Waals surface area contributed by atoms with E-state index in [0.29, 0.717) is 12.8 Å². The van der Waals surface area contributed by atoms with E-state index >= 15 is 0 Å². The number of carbonyl (C=O) groups excluding carboxylic acids is 1. The quantitative estimate of drug-likeness (QED) is 0.842. The average molecular weight is 272 g/mol. The van der Waals surface area contributed by atoms with E-state index in [0.717, 1.165) is 11.3 Å². The van der Waals surface area contributed by atoms with E-state index in [1.165, 1.54) is 0 Å². The third kappa shape index (κ3) is 3.96. The van der Waals surface area contributed by atoms with Gasteiger partial charge in [-0.25, -0.2) is 0 Å². The number of aliphatic hydroxyl groups excluding tert-OH is 1. The lowest BCUT2D eigenvalue weighted by atomic mass is 10.1. The third-order valence-corrected chi connectivity index (χ3v) is 3.30. The number of hydrogen-bond donors (Lipinski definition) is 2. The standard InChI is InChI=1S/C16H20N2O2/c1-18-11-5-8-14(18)15(19)12-17-16(20)10-9-13-6-3-2-4-7-13/h2-8,11,15,19H,9-10,12H2,1H3,(H,17,20). The number of benzene rings is 1. The Morgan fingerprint density at radius 2 is 2.00 bits per heavy atom. The molecule has 1 amide bonds. The van der Waals surface area contributed by atoms with Crippen LogP contribution in [-0.2, 0) is 18.3 Å². The van der Waals surface area contributed by atoms with Gasteiger partial charge in [0.05, 0.1) is 0 Å². The summed E-state index contributed by atoms with van der Waals surface area (Å²) in [5, 5.41) is 12.8. The van der Waals surface area contributed by atoms with Crippen LogP contribution in [0, 0.1) is 0 Å². The topological polar surface area (TPSA) is 54.3 Å². The number of aliphatic hydroxyl groups is 1. The molecule has 106 valence electrons. The molecule has 1 unspecified atom stereocenters. The maximum atomic E-state index is 11.7. The summed E-state index contributed by atoms with van der Waals surface area (Å²) in [5.41, 5.74) is 1.94. The van der Waals surface area contributed by atoms with E-state index in [4.69, 9.17) is 0 Å². The van der Waals surface area contributed by atoms with Gasteiger partial charge in [0.25, 0.3) is 0 Å². The van der Waals surface area contributed by atoms with Crippen molar-refractivity contribution < 1.29 is 9.90 Å². The average Bonchev–Trinajstić information content (AvgIpc) is 2.90. The number of amides is 1. The van der Waals surface area contributed by atoms with E-state index in [9.17, 15) is 9.90 Å². The second kappa shape index (κ2) is 6.91. The molecule has 1 atom stereocenters. The van der Waals surface area contributed by atoms with Crippen molar-refractivity contribution in [3.63, 3.8) is 0 Å². The van der Waals surface area contributed by atoms with Crippen LogP contribution in [-0.4, -0.2) is 22.1 Å². The van der Waals surface area contributed by atoms with Crippen molar-refractivity contribution in [2.75, 3.05) is 6.54 Å². The molecule has 0 aliphatic heterocycles. The van der Waals surface area contributed by atoms with Crippen molar-refractivity contribution in [1.29, 1.82) is 0 Å². The molecule has 0 radical (unpaired) electrons. The highest BCUT2D eigenvalue weighted by atomic mass is 16.3. The van der Waals surface area contributed by atoms with Gasteiger partial charge in [-0.15, -0.1) is 0 Å². The van der Waals surface area contributed by atoms with Crippen molar-refractivity contribution >= 4 is 5.91 Å². The minimum absolute atomic E-state index is 0.0397. The second-order valence-electron chi connectivity index (χ2n) is 4.85. The molecule has 1 heterocycles. The van der Waals surface area contributed by atoms with E-state index in [2.05, 4.69) is 5.32 Å². The minimum atomic E-state index is -0.671. The van der Waals surface area contributed by atoms with Gasteiger partial charge in [-0.05, 0) is 24.1 Å². The van der Waals surface area contributed by atoms with Crippen molar-refractivity contribution in [2.45, 2.75) is 18.9 Å². The number of hydrogen-bond acceptors (Lipinski definition) is 2. The van der Waals surface area contributed by atoms with Gasteiger partial charge in [-0.1, -0.05) is 30.3 Å². The Balaban J connectivity index is 1.74. The summed E-state index contributed by atoms with van der Waals surface area (Å²) in [6.07, 6.45) is 2.35. The van der Waals surface area contributed by atoms with Gasteiger partial charge in [0, 0.05) is 31.9 Å². The van der Waals surface area contributed by atoms with Crippen LogP contribution >= 0.6 is 0 Å². The van der Waals surface area contributed by atoms with Crippen LogP contribution in [0.3, 0.4) is 0 Å². The third-order valence-electron chi connectivity index (χ3n) is 3.30. The minimum Gasteiger partial charge on any atom is -0.385 e. The zero-order chi connectivity index (χ0) is 14.4. The monoisotopic (exact) mass is 272 g/mol. The Morgan fingerprint density at radius 3 is 2.65 bits per heavy atom. The first-order valence-electron chi connectivity index (χ1n) is 6.76. The summed E-state index contributed by atoms with van der Waals surface area (Å²) < 4.78 is 1.85. The molecule has 0 aliphatic rings. The predicted molar refractivity (Wildman–Crippen MR) is 78.1 cm³/mol. The largest absolute Gasteiger partial charge is 0.385 e. The Hall–Kier alpha value is -2.07. The molecule has 2 aromatic rings. The smallest absolute Gasteiger partial charge is 0.220 e. The fourth-order valence-electron chi connectivity index (χ4n) is 2.13. The molecular weight excluding hydrogens is 252 g/mol. The summed E-state index contributed by atoms with van der Waals surface area (Å²) in [4.78, 5) is 11.7. The lowest BCUT2D eigenvalue weighted by Crippen LogP contribution is -2.29. The lowest BCUT2D eigenvalue weighted by Gasteiger charge is -2.13. The molecule has 0 saturated carbocycles. The number of aromatic nitrogens is 1. The summed E-state index contributed by atoms with van der Waals surface area (Å²) in [5.74, 6) is -0.0397. The van der Waals surface area contributed by atoms with Crippen molar-refractivity contribution in [3.8, 4) is 0 Å². The number of carbonyl (C=O) groups is 1. The van der Waals surface area contributed by atoms with Crippen LogP contribution < -0.4 is 5.32 Å². The van der Waals surface area contributed by atoms with Crippen molar-refractivity contribution in [3.05, 3.63) is 59.9 Å². The van der Waals surface area contributed by atoms with Gasteiger partial charge in [0.1, 0.15) is 6.10 Å². The zero-order valence-corrected chi connectivity index (χ0v) is 11.6. The first kappa shape index (κ1) is 14.3. The highest BCUT2D eigenvalue weighted by Crippen LogP contribution is 2.11. The van der Waals surface area contributed by atoms with E-state index < -0.39 is 6.10 Å². The van der Waals surface area contributed by atoms with Gasteiger partial charge >= 0.3 is 0 Å². The Kier molecular flexibility index (Phi) is 4.96. The van der Waals surface area contributed by atoms with Crippen LogP contribution in [0.5, 0.6) is 0 Å². The maximum Gasteiger partial charge on any atom is 0.220 e. The van der Waals surface area contributed by atoms with Gasteiger partial charge in [-0.3, -0.25) is 4.79 Å². The molecule has 0 bridgehead atoms. The van der Waals surface area contributed by atoms with Gasteiger partial charge in [0.2, 0.25) is 5.91 Å². The molecule has 1 aromatic carbocycles. The molecule has 0 fully saturated rings. The van der Waals surface area contributed by atoms with Gasteiger partial charge in [0.15, 0.2) is 0 Å². The normalized spacial score (nSPS) is 12.1. The number of aryl methyl sites for hydroxylation is 2. The number of rotatable bonds is 6. The van der Waals surface area contributed by atoms with Crippen molar-refractivity contribution in [1.82, 2.24) is 9.88 Å². The Morgan fingerprint density at radius 1 is 1.25 bits per heavy atom. The Bertz CT molecular complexity index is 549. The maximum absolute atomic E-state index is 11.7. The lowest BCUT2D eigenvalue weighted by molar-refractivity contribution is -0.121. The summed E-state index contributed by atoms with van der Waals surface area (Å²) in [6.45, 7) is 0.242. The zero-order valence-electron chi connectivity index (χ0n) is 11.6. The molecule has 0 saturated heterocycles. The molecule has 4 nitrogen and oxygen atoms in total. The first-order valence-corrected chi connectivity index (χ1v) is 6.76. The van der Waals surface area contributed by atoms with Crippen LogP contribution in [0.1, 0.15) is 23.8 Å². The van der Waals surface area contributed by atoms with Crippen LogP contribution in [0.2, 0.25) is 0 Å². The second-order valence-corrected chi connectivity index (χ2v) is 4.85. The van der Waals surface area contributed by atoms with Gasteiger partial charge in [-0.2, -0.15) is 0 Å². The predicted octanol–water partition coefficient (Wildman–Crippen LogP) is 1.81. The van der Waals surface area contributed by atoms with E-state index in [1.54, 1.807) is 0 Å². The number of nitrogens with zero attached hydrogens (tertiary/aromatic N) is 1. The van der Waals surface area contributed by atoms with E-state index in [-0.39, 0.29) is 12.5 Å². The molecule has 2 N–H and O–H groups in total. The molecule has 0 spiro atoms. The summed E-state index contributed by atoms with van der Waals surface area (Å²) in [6, 6.07) is 13.6. The van der Waals surface area contributed by atoms with Gasteiger partial charge < -0.3 is 15.0 Å². The van der Waals surface area contributed by atoms with Crippen LogP contribution in [0.25, 0.3) is 0 Å². The molecule has 1 aromatic heterocycles. The summed E-state index contributed by atoms with van der Waals surface area (Å²) >= 11 is 0. The Labute approximate surface area is 119 Å². The molecular formula is C16H20N2O2. The van der Waals surface area contributed by atoms with Crippen molar-refractivity contribution in [2.24, 2.45) is 7.05 Å². The molecule has 2 rings (SSSR count). The SMILES string of the molecule is Cn1cccc1C(O)CNC(=O)CCc1ccccc1. The van der Waals surface area contributed by atoms with Crippen LogP contribution in [0.4, 0.5) is 0 Å². The van der Waals surface area contributed by atoms with Crippen LogP contribution in [0.15, 0.2) is 48.7 Å². The highest BCUT2D eigenvalue weighted by molar-refractivity contribution is 5.76. The summed E-state index contributed by atoms with van der Waals surface area (Å²) in [7, 11) is 1.87. The molecule has 4 heteroatoms. The molecule has 20 heavy (non-hydrogen) atoms. The fraction of sp³-hybridized carbons (Fsp3) is 0.312. The fourth-order valence-corrected chi connectivity index (χ4v) is 2.13. The molecule has 0 aliphatic carbocycles. The number of nitrogens with one attached hydrogen (secondary N) is 1.